The standard InChI is InChI=1S/C13H20N4O2/c1-3-13(19)17(2)9-4-5-11(10(14)8-9)16-7-6-12(15)18/h4-5,8,16H,3,6-7,14H2,1-2H3,(H2,15,18). The SMILES string of the molecule is CCC(=O)N(C)c1ccc(NCCC(N)=O)c(N)c1. The van der Waals surface area contributed by atoms with Gasteiger partial charge in [0.05, 0.1) is 11.4 Å². The molecule has 0 radical (unpaired) electrons. The van der Waals surface area contributed by atoms with E-state index in [4.69, 9.17) is 11.5 Å². The van der Waals surface area contributed by atoms with Crippen LogP contribution in [-0.4, -0.2) is 25.4 Å². The molecule has 0 unspecified atom stereocenters. The third kappa shape index (κ3) is 4.17. The number of hydrogen-bond donors (Lipinski definition) is 3. The molecule has 0 aliphatic heterocycles. The first kappa shape index (κ1) is 14.8. The topological polar surface area (TPSA) is 101 Å². The normalized spacial score (nSPS) is 10.0. The first-order valence-corrected chi connectivity index (χ1v) is 6.14. The van der Waals surface area contributed by atoms with Gasteiger partial charge in [-0.1, -0.05) is 6.92 Å². The highest BCUT2D eigenvalue weighted by molar-refractivity contribution is 5.93. The van der Waals surface area contributed by atoms with E-state index in [0.717, 1.165) is 11.4 Å². The maximum absolute atomic E-state index is 11.6. The lowest BCUT2D eigenvalue weighted by Crippen LogP contribution is -2.25. The Labute approximate surface area is 112 Å². The van der Waals surface area contributed by atoms with Gasteiger partial charge in [-0.2, -0.15) is 0 Å². The summed E-state index contributed by atoms with van der Waals surface area (Å²) >= 11 is 0. The molecule has 0 atom stereocenters. The molecule has 0 aliphatic carbocycles. The Kier molecular flexibility index (Phi) is 5.17. The molecule has 0 saturated carbocycles. The predicted molar refractivity (Wildman–Crippen MR) is 76.9 cm³/mol. The monoisotopic (exact) mass is 264 g/mol. The smallest absolute Gasteiger partial charge is 0.226 e. The summed E-state index contributed by atoms with van der Waals surface area (Å²) in [5, 5.41) is 3.02. The van der Waals surface area contributed by atoms with Crippen LogP contribution in [0.2, 0.25) is 0 Å². The molecular formula is C13H20N4O2. The Balaban J connectivity index is 2.74. The number of primary amides is 1. The highest BCUT2D eigenvalue weighted by Crippen LogP contribution is 2.25. The summed E-state index contributed by atoms with van der Waals surface area (Å²) in [4.78, 5) is 23.8. The Morgan fingerprint density at radius 3 is 2.58 bits per heavy atom. The molecular weight excluding hydrogens is 244 g/mol. The number of nitrogens with one attached hydrogen (secondary N) is 1. The maximum Gasteiger partial charge on any atom is 0.226 e. The number of nitrogen functional groups attached to an aromatic ring is 1. The van der Waals surface area contributed by atoms with Gasteiger partial charge < -0.3 is 21.7 Å². The van der Waals surface area contributed by atoms with Crippen LogP contribution in [-0.2, 0) is 9.59 Å². The molecule has 0 fully saturated rings. The molecule has 1 rings (SSSR count). The summed E-state index contributed by atoms with van der Waals surface area (Å²) in [5.41, 5.74) is 12.9. The van der Waals surface area contributed by atoms with Crippen molar-refractivity contribution < 1.29 is 9.59 Å². The van der Waals surface area contributed by atoms with Crippen molar-refractivity contribution in [3.05, 3.63) is 18.2 Å². The average Bonchev–Trinajstić information content (AvgIpc) is 2.38. The first-order chi connectivity index (χ1) is 8.95. The Morgan fingerprint density at radius 2 is 2.05 bits per heavy atom. The van der Waals surface area contributed by atoms with Crippen molar-refractivity contribution in [2.75, 3.05) is 29.5 Å². The van der Waals surface area contributed by atoms with Crippen molar-refractivity contribution >= 4 is 28.9 Å². The van der Waals surface area contributed by atoms with E-state index in [1.165, 1.54) is 0 Å². The first-order valence-electron chi connectivity index (χ1n) is 6.14. The third-order valence-corrected chi connectivity index (χ3v) is 2.79. The number of anilines is 3. The van der Waals surface area contributed by atoms with Crippen LogP contribution in [0, 0.1) is 0 Å². The maximum atomic E-state index is 11.6. The summed E-state index contributed by atoms with van der Waals surface area (Å²) in [6, 6.07) is 5.31. The summed E-state index contributed by atoms with van der Waals surface area (Å²) in [6.07, 6.45) is 0.685. The largest absolute Gasteiger partial charge is 0.397 e. The lowest BCUT2D eigenvalue weighted by molar-refractivity contribution is -0.118. The number of rotatable bonds is 6. The van der Waals surface area contributed by atoms with Crippen LogP contribution >= 0.6 is 0 Å². The Hall–Kier alpha value is -2.24. The molecule has 0 aromatic heterocycles. The van der Waals surface area contributed by atoms with Crippen molar-refractivity contribution in [3.8, 4) is 0 Å². The van der Waals surface area contributed by atoms with Gasteiger partial charge in [-0.25, -0.2) is 0 Å². The van der Waals surface area contributed by atoms with E-state index in [1.807, 2.05) is 6.92 Å². The van der Waals surface area contributed by atoms with Crippen LogP contribution < -0.4 is 21.7 Å². The molecule has 0 heterocycles. The molecule has 0 bridgehead atoms. The molecule has 6 nitrogen and oxygen atoms in total. The van der Waals surface area contributed by atoms with Crippen LogP contribution in [0.5, 0.6) is 0 Å². The van der Waals surface area contributed by atoms with Gasteiger partial charge in [0.2, 0.25) is 11.8 Å². The molecule has 104 valence electrons. The second kappa shape index (κ2) is 6.63. The summed E-state index contributed by atoms with van der Waals surface area (Å²) in [7, 11) is 1.71. The van der Waals surface area contributed by atoms with Crippen molar-refractivity contribution in [2.24, 2.45) is 5.73 Å². The fraction of sp³-hybridized carbons (Fsp3) is 0.385. The van der Waals surface area contributed by atoms with E-state index in [2.05, 4.69) is 5.32 Å². The van der Waals surface area contributed by atoms with Crippen molar-refractivity contribution in [3.63, 3.8) is 0 Å². The number of hydrogen-bond acceptors (Lipinski definition) is 4. The molecule has 0 saturated heterocycles. The number of carbonyl (C=O) groups excluding carboxylic acids is 2. The summed E-state index contributed by atoms with van der Waals surface area (Å²) in [5.74, 6) is -0.343. The lowest BCUT2D eigenvalue weighted by Gasteiger charge is -2.18. The number of benzene rings is 1. The van der Waals surface area contributed by atoms with E-state index in [-0.39, 0.29) is 18.2 Å². The van der Waals surface area contributed by atoms with Gasteiger partial charge in [-0.15, -0.1) is 0 Å². The minimum atomic E-state index is -0.365. The summed E-state index contributed by atoms with van der Waals surface area (Å²) < 4.78 is 0. The number of nitrogens with zero attached hydrogens (tertiary/aromatic N) is 1. The molecule has 19 heavy (non-hydrogen) atoms. The number of carbonyl (C=O) groups is 2. The van der Waals surface area contributed by atoms with Crippen molar-refractivity contribution in [2.45, 2.75) is 19.8 Å². The fourth-order valence-electron chi connectivity index (χ4n) is 1.62. The van der Waals surface area contributed by atoms with Gasteiger partial charge in [-0.3, -0.25) is 9.59 Å². The Morgan fingerprint density at radius 1 is 1.37 bits per heavy atom. The van der Waals surface area contributed by atoms with E-state index in [1.54, 1.807) is 30.1 Å². The highest BCUT2D eigenvalue weighted by Gasteiger charge is 2.10. The van der Waals surface area contributed by atoms with E-state index in [9.17, 15) is 9.59 Å². The van der Waals surface area contributed by atoms with Crippen LogP contribution in [0.4, 0.5) is 17.1 Å². The minimum Gasteiger partial charge on any atom is -0.397 e. The molecule has 6 heteroatoms. The van der Waals surface area contributed by atoms with Gasteiger partial charge in [-0.05, 0) is 18.2 Å². The Bertz CT molecular complexity index is 474. The molecule has 5 N–H and O–H groups in total. The van der Waals surface area contributed by atoms with Crippen molar-refractivity contribution in [1.82, 2.24) is 0 Å². The molecule has 1 aromatic rings. The summed E-state index contributed by atoms with van der Waals surface area (Å²) in [6.45, 7) is 2.24. The highest BCUT2D eigenvalue weighted by atomic mass is 16.2. The lowest BCUT2D eigenvalue weighted by atomic mass is 10.2. The van der Waals surface area contributed by atoms with E-state index in [0.29, 0.717) is 18.7 Å². The van der Waals surface area contributed by atoms with Crippen LogP contribution in [0.3, 0.4) is 0 Å². The van der Waals surface area contributed by atoms with Crippen LogP contribution in [0.25, 0.3) is 0 Å². The molecule has 0 aliphatic rings. The zero-order valence-corrected chi connectivity index (χ0v) is 11.3. The number of amides is 2. The van der Waals surface area contributed by atoms with E-state index < -0.39 is 0 Å². The third-order valence-electron chi connectivity index (χ3n) is 2.79. The quantitative estimate of drug-likeness (QED) is 0.665. The van der Waals surface area contributed by atoms with E-state index >= 15 is 0 Å². The van der Waals surface area contributed by atoms with Gasteiger partial charge in [0.15, 0.2) is 0 Å². The second-order valence-corrected chi connectivity index (χ2v) is 4.22. The van der Waals surface area contributed by atoms with Gasteiger partial charge in [0, 0.05) is 32.1 Å². The zero-order chi connectivity index (χ0) is 14.4. The van der Waals surface area contributed by atoms with Crippen LogP contribution in [0.15, 0.2) is 18.2 Å². The minimum absolute atomic E-state index is 0.0221. The van der Waals surface area contributed by atoms with Gasteiger partial charge in [0.1, 0.15) is 0 Å². The number of nitrogens with two attached hydrogens (primary N) is 2. The van der Waals surface area contributed by atoms with Crippen molar-refractivity contribution in [1.29, 1.82) is 0 Å². The second-order valence-electron chi connectivity index (χ2n) is 4.22. The van der Waals surface area contributed by atoms with Crippen LogP contribution in [0.1, 0.15) is 19.8 Å². The predicted octanol–water partition coefficient (Wildman–Crippen LogP) is 0.929. The van der Waals surface area contributed by atoms with Gasteiger partial charge >= 0.3 is 0 Å². The average molecular weight is 264 g/mol. The molecule has 0 spiro atoms. The fourth-order valence-corrected chi connectivity index (χ4v) is 1.62. The van der Waals surface area contributed by atoms with Gasteiger partial charge in [0.25, 0.3) is 0 Å². The molecule has 2 amide bonds. The zero-order valence-electron chi connectivity index (χ0n) is 11.3. The molecule has 1 aromatic carbocycles.